The Hall–Kier alpha value is -2.63. The number of hydrogen-bond donors (Lipinski definition) is 0. The lowest BCUT2D eigenvalue weighted by molar-refractivity contribution is -0.117. The number of aromatic nitrogens is 1. The Morgan fingerprint density at radius 3 is 2.64 bits per heavy atom. The van der Waals surface area contributed by atoms with Gasteiger partial charge >= 0.3 is 0 Å². The van der Waals surface area contributed by atoms with Crippen molar-refractivity contribution in [2.45, 2.75) is 38.7 Å². The molecule has 1 fully saturated rings. The molecular weight excluding hydrogens is 357 g/mol. The number of Topliss-reactive ketones (excluding diaryl/α,β-unsaturated/α-hetero) is 1. The van der Waals surface area contributed by atoms with Gasteiger partial charge in [-0.15, -0.1) is 0 Å². The molecule has 0 aliphatic carbocycles. The van der Waals surface area contributed by atoms with E-state index < -0.39 is 0 Å². The predicted octanol–water partition coefficient (Wildman–Crippen LogP) is 4.03. The molecule has 5 nitrogen and oxygen atoms in total. The van der Waals surface area contributed by atoms with Gasteiger partial charge < -0.3 is 19.3 Å². The van der Waals surface area contributed by atoms with Crippen LogP contribution in [0.4, 0.5) is 16.0 Å². The van der Waals surface area contributed by atoms with E-state index in [1.54, 1.807) is 13.0 Å². The molecule has 28 heavy (non-hydrogen) atoms. The predicted molar refractivity (Wildman–Crippen MR) is 110 cm³/mol. The van der Waals surface area contributed by atoms with Crippen LogP contribution >= 0.6 is 0 Å². The first-order valence-electron chi connectivity index (χ1n) is 9.68. The Morgan fingerprint density at radius 1 is 1.29 bits per heavy atom. The van der Waals surface area contributed by atoms with Crippen LogP contribution in [0, 0.1) is 5.82 Å². The highest BCUT2D eigenvalue weighted by molar-refractivity contribution is 5.76. The molecule has 0 saturated carbocycles. The number of nitrogens with zero attached hydrogens (tertiary/aromatic N) is 3. The minimum absolute atomic E-state index is 0.00953. The molecular formula is C22H28FN3O2. The minimum Gasteiger partial charge on any atom is -0.489 e. The normalized spacial score (nSPS) is 17.5. The summed E-state index contributed by atoms with van der Waals surface area (Å²) in [6, 6.07) is 11.1. The van der Waals surface area contributed by atoms with Gasteiger partial charge in [0.05, 0.1) is 6.54 Å². The van der Waals surface area contributed by atoms with Gasteiger partial charge in [0, 0.05) is 33.5 Å². The molecule has 6 heteroatoms. The summed E-state index contributed by atoms with van der Waals surface area (Å²) in [5, 5.41) is 0. The third-order valence-corrected chi connectivity index (χ3v) is 5.06. The Labute approximate surface area is 166 Å². The van der Waals surface area contributed by atoms with Crippen molar-refractivity contribution in [2.24, 2.45) is 0 Å². The highest BCUT2D eigenvalue weighted by Crippen LogP contribution is 2.27. The van der Waals surface area contributed by atoms with Gasteiger partial charge in [-0.2, -0.15) is 0 Å². The Balaban J connectivity index is 1.62. The molecule has 0 N–H and O–H groups in total. The highest BCUT2D eigenvalue weighted by Gasteiger charge is 2.27. The van der Waals surface area contributed by atoms with Gasteiger partial charge in [0.25, 0.3) is 0 Å². The van der Waals surface area contributed by atoms with Crippen LogP contribution in [-0.2, 0) is 4.79 Å². The van der Waals surface area contributed by atoms with E-state index in [0.29, 0.717) is 25.3 Å². The van der Waals surface area contributed by atoms with Gasteiger partial charge in [-0.1, -0.05) is 19.1 Å². The fourth-order valence-corrected chi connectivity index (χ4v) is 3.53. The van der Waals surface area contributed by atoms with Crippen molar-refractivity contribution in [1.82, 2.24) is 4.98 Å². The number of pyridine rings is 1. The molecule has 0 bridgehead atoms. The van der Waals surface area contributed by atoms with Crippen LogP contribution in [0.1, 0.15) is 38.2 Å². The number of ether oxygens (including phenoxy) is 1. The Kier molecular flexibility index (Phi) is 6.17. The van der Waals surface area contributed by atoms with Crippen molar-refractivity contribution >= 4 is 17.4 Å². The molecule has 1 aromatic carbocycles. The summed E-state index contributed by atoms with van der Waals surface area (Å²) in [7, 11) is 3.78. The first-order valence-corrected chi connectivity index (χ1v) is 9.68. The van der Waals surface area contributed by atoms with Crippen LogP contribution in [0.15, 0.2) is 36.4 Å². The number of carbonyl (C=O) groups is 1. The van der Waals surface area contributed by atoms with Gasteiger partial charge in [0.1, 0.15) is 23.5 Å². The van der Waals surface area contributed by atoms with Crippen molar-refractivity contribution in [3.63, 3.8) is 0 Å². The van der Waals surface area contributed by atoms with Crippen molar-refractivity contribution in [1.29, 1.82) is 0 Å². The fraction of sp³-hybridized carbons (Fsp3) is 0.455. The maximum atomic E-state index is 14.3. The third-order valence-electron chi connectivity index (χ3n) is 5.06. The molecule has 0 spiro atoms. The zero-order valence-electron chi connectivity index (χ0n) is 17.0. The number of hydrogen-bond acceptors (Lipinski definition) is 5. The number of anilines is 2. The van der Waals surface area contributed by atoms with Gasteiger partial charge in [0.2, 0.25) is 0 Å². The van der Waals surface area contributed by atoms with Crippen LogP contribution in [0.5, 0.6) is 5.75 Å². The molecule has 150 valence electrons. The smallest absolute Gasteiger partial charge is 0.167 e. The Bertz CT molecular complexity index is 823. The molecule has 0 amide bonds. The van der Waals surface area contributed by atoms with Crippen molar-refractivity contribution in [2.75, 3.05) is 37.0 Å². The van der Waals surface area contributed by atoms with Crippen LogP contribution in [-0.4, -0.2) is 44.1 Å². The first kappa shape index (κ1) is 20.1. The van der Waals surface area contributed by atoms with Crippen molar-refractivity contribution in [3.8, 4) is 5.75 Å². The first-order chi connectivity index (χ1) is 13.3. The molecule has 2 atom stereocenters. The van der Waals surface area contributed by atoms with Crippen molar-refractivity contribution in [3.05, 3.63) is 47.8 Å². The average molecular weight is 385 g/mol. The maximum Gasteiger partial charge on any atom is 0.167 e. The van der Waals surface area contributed by atoms with Crippen LogP contribution in [0.25, 0.3) is 0 Å². The van der Waals surface area contributed by atoms with Gasteiger partial charge in [0.15, 0.2) is 11.6 Å². The summed E-state index contributed by atoms with van der Waals surface area (Å²) in [5.41, 5.74) is 1.13. The molecule has 1 aromatic heterocycles. The van der Waals surface area contributed by atoms with E-state index in [4.69, 9.17) is 4.74 Å². The number of ketones is 1. The summed E-state index contributed by atoms with van der Waals surface area (Å²) < 4.78 is 20.4. The molecule has 2 aromatic rings. The number of rotatable bonds is 7. The second-order valence-electron chi connectivity index (χ2n) is 7.72. The molecule has 3 rings (SSSR count). The lowest BCUT2D eigenvalue weighted by Crippen LogP contribution is -2.26. The van der Waals surface area contributed by atoms with E-state index in [1.807, 2.05) is 48.2 Å². The zero-order chi connectivity index (χ0) is 20.3. The minimum atomic E-state index is -0.310. The van der Waals surface area contributed by atoms with E-state index in [-0.39, 0.29) is 23.6 Å². The molecule has 1 saturated heterocycles. The molecule has 0 radical (unpaired) electrons. The van der Waals surface area contributed by atoms with Crippen molar-refractivity contribution < 1.29 is 13.9 Å². The lowest BCUT2D eigenvalue weighted by Gasteiger charge is -2.21. The van der Waals surface area contributed by atoms with E-state index >= 15 is 0 Å². The molecule has 1 aliphatic heterocycles. The topological polar surface area (TPSA) is 45.7 Å². The van der Waals surface area contributed by atoms with Crippen LogP contribution in [0.2, 0.25) is 0 Å². The summed E-state index contributed by atoms with van der Waals surface area (Å²) in [6.45, 7) is 4.98. The van der Waals surface area contributed by atoms with E-state index in [1.165, 1.54) is 6.07 Å². The maximum absolute atomic E-state index is 14.3. The zero-order valence-corrected chi connectivity index (χ0v) is 17.0. The number of carbonyl (C=O) groups excluding carboxylic acids is 1. The molecule has 1 aliphatic rings. The standard InChI is InChI=1S/C22H28FN3O2/c1-15(13-16(2)27)17-5-7-18(8-6-17)28-19-11-12-26(14-19)22-20(23)9-10-21(24-22)25(3)4/h5-10,15,19H,11-14H2,1-4H3/t15-,19-/m1/s1. The molecule has 0 unspecified atom stereocenters. The summed E-state index contributed by atoms with van der Waals surface area (Å²) in [6.07, 6.45) is 1.35. The SMILES string of the molecule is CC(=O)C[C@@H](C)c1ccc(O[C@@H]2CCN(c3nc(N(C)C)ccc3F)C2)cc1. The fourth-order valence-electron chi connectivity index (χ4n) is 3.53. The quantitative estimate of drug-likeness (QED) is 0.720. The monoisotopic (exact) mass is 385 g/mol. The van der Waals surface area contributed by atoms with E-state index in [9.17, 15) is 9.18 Å². The van der Waals surface area contributed by atoms with Crippen LogP contribution in [0.3, 0.4) is 0 Å². The van der Waals surface area contributed by atoms with Crippen LogP contribution < -0.4 is 14.5 Å². The second-order valence-corrected chi connectivity index (χ2v) is 7.72. The van der Waals surface area contributed by atoms with Gasteiger partial charge in [-0.05, 0) is 42.7 Å². The molecule has 2 heterocycles. The number of halogens is 1. The van der Waals surface area contributed by atoms with Gasteiger partial charge in [-0.25, -0.2) is 9.37 Å². The summed E-state index contributed by atoms with van der Waals surface area (Å²) in [5.74, 6) is 1.99. The average Bonchev–Trinajstić information content (AvgIpc) is 3.10. The Morgan fingerprint density at radius 2 is 2.00 bits per heavy atom. The number of benzene rings is 1. The third kappa shape index (κ3) is 4.80. The summed E-state index contributed by atoms with van der Waals surface area (Å²) >= 11 is 0. The highest BCUT2D eigenvalue weighted by atomic mass is 19.1. The largest absolute Gasteiger partial charge is 0.489 e. The van der Waals surface area contributed by atoms with E-state index in [2.05, 4.69) is 11.9 Å². The lowest BCUT2D eigenvalue weighted by atomic mass is 9.96. The van der Waals surface area contributed by atoms with E-state index in [0.717, 1.165) is 23.6 Å². The second kappa shape index (κ2) is 8.59. The van der Waals surface area contributed by atoms with Gasteiger partial charge in [-0.3, -0.25) is 0 Å². The summed E-state index contributed by atoms with van der Waals surface area (Å²) in [4.78, 5) is 19.5.